The summed E-state index contributed by atoms with van der Waals surface area (Å²) in [6, 6.07) is 8.74. The molecular weight excluding hydrogens is 579 g/mol. The predicted molar refractivity (Wildman–Crippen MR) is 159 cm³/mol. The van der Waals surface area contributed by atoms with E-state index in [1.54, 1.807) is 23.0 Å². The summed E-state index contributed by atoms with van der Waals surface area (Å²) in [4.78, 5) is 13.0. The first kappa shape index (κ1) is 31.6. The van der Waals surface area contributed by atoms with Gasteiger partial charge in [0, 0.05) is 32.2 Å². The van der Waals surface area contributed by atoms with Gasteiger partial charge in [-0.2, -0.15) is 15.5 Å². The molecule has 10 nitrogen and oxygen atoms in total. The number of benzene rings is 2. The number of nitrogens with two attached hydrogens (primary N) is 1. The lowest BCUT2D eigenvalue weighted by atomic mass is 10.0. The molecule has 3 N–H and O–H groups in total. The Balaban J connectivity index is 1.75. The zero-order valence-corrected chi connectivity index (χ0v) is 25.5. The van der Waals surface area contributed by atoms with Gasteiger partial charge in [-0.05, 0) is 29.8 Å². The monoisotopic (exact) mass is 613 g/mol. The summed E-state index contributed by atoms with van der Waals surface area (Å²) < 4.78 is 54.7. The van der Waals surface area contributed by atoms with Crippen molar-refractivity contribution in [1.82, 2.24) is 24.9 Å². The summed E-state index contributed by atoms with van der Waals surface area (Å²) in [5, 5.41) is 22.1. The fourth-order valence-electron chi connectivity index (χ4n) is 4.58. The van der Waals surface area contributed by atoms with Crippen molar-refractivity contribution in [2.45, 2.75) is 45.0 Å². The summed E-state index contributed by atoms with van der Waals surface area (Å²) in [7, 11) is 0.0474. The molecule has 4 aromatic rings. The number of anilines is 1. The number of ether oxygens (including phenoxy) is 2. The number of halogens is 3. The van der Waals surface area contributed by atoms with Crippen molar-refractivity contribution in [2.24, 2.45) is 0 Å². The molecule has 0 atom stereocenters. The van der Waals surface area contributed by atoms with Gasteiger partial charge >= 0.3 is 0 Å². The molecule has 0 fully saturated rings. The minimum Gasteiger partial charge on any atom is -0.496 e. The van der Waals surface area contributed by atoms with Crippen LogP contribution in [0.4, 0.5) is 19.0 Å². The molecule has 228 valence electrons. The first-order chi connectivity index (χ1) is 20.5. The Morgan fingerprint density at radius 3 is 2.60 bits per heavy atom. The van der Waals surface area contributed by atoms with E-state index < -0.39 is 39.2 Å². The highest BCUT2D eigenvalue weighted by molar-refractivity contribution is 6.76. The van der Waals surface area contributed by atoms with Crippen LogP contribution in [0.25, 0.3) is 22.2 Å². The van der Waals surface area contributed by atoms with Gasteiger partial charge in [-0.3, -0.25) is 4.79 Å². The molecule has 2 heterocycles. The van der Waals surface area contributed by atoms with Crippen molar-refractivity contribution >= 4 is 30.7 Å². The third-order valence-corrected chi connectivity index (χ3v) is 8.66. The number of rotatable bonds is 13. The third-order valence-electron chi connectivity index (χ3n) is 6.96. The van der Waals surface area contributed by atoms with E-state index in [1.165, 1.54) is 19.2 Å². The first-order valence-corrected chi connectivity index (χ1v) is 17.3. The average Bonchev–Trinajstić information content (AvgIpc) is 3.55. The van der Waals surface area contributed by atoms with Gasteiger partial charge in [-0.25, -0.2) is 22.5 Å². The number of nitrogens with zero attached hydrogens (tertiary/aromatic N) is 5. The molecule has 0 spiro atoms. The highest BCUT2D eigenvalue weighted by Gasteiger charge is 2.25. The minimum absolute atomic E-state index is 0.0217. The molecule has 0 radical (unpaired) electrons. The number of fused-ring (bicyclic) bond motifs is 1. The Bertz CT molecular complexity index is 1660. The number of nitrogen functional groups attached to an aromatic ring is 1. The summed E-state index contributed by atoms with van der Waals surface area (Å²) in [6.07, 6.45) is 1.58. The van der Waals surface area contributed by atoms with Gasteiger partial charge in [-0.1, -0.05) is 31.8 Å². The van der Waals surface area contributed by atoms with Gasteiger partial charge < -0.3 is 20.5 Å². The molecule has 0 saturated heterocycles. The van der Waals surface area contributed by atoms with Crippen LogP contribution in [0.5, 0.6) is 5.75 Å². The number of carbonyl (C=O) groups excluding carboxylic acids is 1. The number of carbonyl (C=O) groups is 1. The van der Waals surface area contributed by atoms with Gasteiger partial charge in [0.1, 0.15) is 60.8 Å². The van der Waals surface area contributed by atoms with E-state index in [1.807, 2.05) is 6.07 Å². The van der Waals surface area contributed by atoms with Crippen molar-refractivity contribution in [3.8, 4) is 23.1 Å². The second-order valence-electron chi connectivity index (χ2n) is 11.2. The second kappa shape index (κ2) is 13.3. The van der Waals surface area contributed by atoms with E-state index >= 15 is 0 Å². The molecule has 0 aliphatic rings. The fraction of sp³-hybridized carbons (Fsp3) is 0.379. The number of aromatic nitrogens is 4. The van der Waals surface area contributed by atoms with Crippen LogP contribution >= 0.6 is 0 Å². The third kappa shape index (κ3) is 6.84. The molecule has 0 bridgehead atoms. The maximum atomic E-state index is 13.9. The van der Waals surface area contributed by atoms with Crippen LogP contribution < -0.4 is 15.8 Å². The van der Waals surface area contributed by atoms with Crippen LogP contribution in [0.2, 0.25) is 25.7 Å². The van der Waals surface area contributed by atoms with E-state index in [9.17, 15) is 23.2 Å². The number of nitrogens with one attached hydrogen (secondary N) is 1. The van der Waals surface area contributed by atoms with Gasteiger partial charge in [0.05, 0.1) is 24.4 Å². The minimum atomic E-state index is -1.34. The smallest absolute Gasteiger partial charge is 0.255 e. The van der Waals surface area contributed by atoms with Crippen molar-refractivity contribution < 1.29 is 27.4 Å². The van der Waals surface area contributed by atoms with Crippen LogP contribution in [0, 0.1) is 17.1 Å². The Labute approximate surface area is 248 Å². The lowest BCUT2D eigenvalue weighted by Crippen LogP contribution is -2.24. The second-order valence-corrected chi connectivity index (χ2v) is 16.8. The van der Waals surface area contributed by atoms with Crippen LogP contribution in [-0.2, 0) is 18.0 Å². The van der Waals surface area contributed by atoms with E-state index in [0.29, 0.717) is 28.6 Å². The van der Waals surface area contributed by atoms with Crippen LogP contribution in [0.15, 0.2) is 36.5 Å². The molecule has 2 aromatic carbocycles. The molecule has 43 heavy (non-hydrogen) atoms. The molecule has 0 aliphatic carbocycles. The quantitative estimate of drug-likeness (QED) is 0.156. The van der Waals surface area contributed by atoms with Gasteiger partial charge in [0.2, 0.25) is 0 Å². The zero-order valence-electron chi connectivity index (χ0n) is 24.5. The van der Waals surface area contributed by atoms with Gasteiger partial charge in [-0.15, -0.1) is 0 Å². The first-order valence-electron chi connectivity index (χ1n) is 13.6. The van der Waals surface area contributed by atoms with Gasteiger partial charge in [0.15, 0.2) is 0 Å². The summed E-state index contributed by atoms with van der Waals surface area (Å²) in [6.45, 7) is 5.31. The standard InChI is InChI=1S/C29H34F3N7O3Si/c1-41-25-8-6-19(32)11-22(25)29(40)35-15-18-5-7-21(26-23(14-33)28(34)39(37-26)20(12-30)13-31)24-16-36-38(27(18)24)17-42-9-10-43(2,3)4/h5-8,11,16,20H,9-10,12-13,15,17,34H2,1-4H3,(H,35,40). The Kier molecular flexibility index (Phi) is 9.77. The maximum absolute atomic E-state index is 13.9. The largest absolute Gasteiger partial charge is 0.496 e. The van der Waals surface area contributed by atoms with Crippen LogP contribution in [0.1, 0.15) is 27.5 Å². The van der Waals surface area contributed by atoms with E-state index in [0.717, 1.165) is 16.8 Å². The molecule has 0 unspecified atom stereocenters. The fourth-order valence-corrected chi connectivity index (χ4v) is 5.33. The molecule has 14 heteroatoms. The van der Waals surface area contributed by atoms with Crippen molar-refractivity contribution in [2.75, 3.05) is 32.8 Å². The SMILES string of the molecule is COc1ccc(F)cc1C(=O)NCc1ccc(-c2nn(C(CF)CF)c(N)c2C#N)c2cnn(COCC[Si](C)(C)C)c12. The summed E-state index contributed by atoms with van der Waals surface area (Å²) >= 11 is 0. The molecule has 0 saturated carbocycles. The Morgan fingerprint density at radius 2 is 1.95 bits per heavy atom. The van der Waals surface area contributed by atoms with Crippen molar-refractivity contribution in [3.05, 3.63) is 59.0 Å². The van der Waals surface area contributed by atoms with Crippen LogP contribution in [-0.4, -0.2) is 60.6 Å². The number of hydrogen-bond donors (Lipinski definition) is 2. The molecular formula is C29H34F3N7O3Si. The highest BCUT2D eigenvalue weighted by Crippen LogP contribution is 2.35. The summed E-state index contributed by atoms with van der Waals surface area (Å²) in [5.74, 6) is -1.06. The number of amides is 1. The predicted octanol–water partition coefficient (Wildman–Crippen LogP) is 5.22. The molecule has 0 aliphatic heterocycles. The maximum Gasteiger partial charge on any atom is 0.255 e. The number of hydrogen-bond acceptors (Lipinski definition) is 7. The normalized spacial score (nSPS) is 11.7. The van der Waals surface area contributed by atoms with E-state index in [4.69, 9.17) is 15.2 Å². The van der Waals surface area contributed by atoms with Crippen molar-refractivity contribution in [1.29, 1.82) is 5.26 Å². The molecule has 4 rings (SSSR count). The Hall–Kier alpha value is -4.35. The number of nitriles is 1. The lowest BCUT2D eigenvalue weighted by molar-refractivity contribution is 0.0816. The van der Waals surface area contributed by atoms with Gasteiger partial charge in [0.25, 0.3) is 5.91 Å². The zero-order chi connectivity index (χ0) is 31.3. The highest BCUT2D eigenvalue weighted by atomic mass is 28.3. The number of methoxy groups -OCH3 is 1. The van der Waals surface area contributed by atoms with E-state index in [2.05, 4.69) is 35.2 Å². The Morgan fingerprint density at radius 1 is 1.21 bits per heavy atom. The molecule has 2 aromatic heterocycles. The number of alkyl halides is 2. The van der Waals surface area contributed by atoms with Crippen LogP contribution in [0.3, 0.4) is 0 Å². The lowest BCUT2D eigenvalue weighted by Gasteiger charge is -2.16. The molecule has 1 amide bonds. The summed E-state index contributed by atoms with van der Waals surface area (Å²) in [5.41, 5.74) is 7.95. The van der Waals surface area contributed by atoms with Crippen molar-refractivity contribution in [3.63, 3.8) is 0 Å². The topological polar surface area (TPSA) is 133 Å². The van der Waals surface area contributed by atoms with E-state index in [-0.39, 0.29) is 41.7 Å². The average molecular weight is 614 g/mol.